The summed E-state index contributed by atoms with van der Waals surface area (Å²) in [6.07, 6.45) is 0. The van der Waals surface area contributed by atoms with Crippen LogP contribution in [0.3, 0.4) is 0 Å². The lowest BCUT2D eigenvalue weighted by molar-refractivity contribution is 0.0975. The van der Waals surface area contributed by atoms with Crippen LogP contribution in [0.2, 0.25) is 0 Å². The Balaban J connectivity index is 1.34. The Morgan fingerprint density at radius 1 is 0.725 bits per heavy atom. The summed E-state index contributed by atoms with van der Waals surface area (Å²) in [5.74, 6) is -0.172. The van der Waals surface area contributed by atoms with Gasteiger partial charge in [0.05, 0.1) is 17.9 Å². The van der Waals surface area contributed by atoms with Crippen molar-refractivity contribution in [3.63, 3.8) is 0 Å². The van der Waals surface area contributed by atoms with E-state index in [1.54, 1.807) is 48.5 Å². The largest absolute Gasteiger partial charge is 0.491 e. The molecular formula is C31H30N4O4S. The normalized spacial score (nSPS) is 10.3. The van der Waals surface area contributed by atoms with Gasteiger partial charge in [0.1, 0.15) is 12.4 Å². The van der Waals surface area contributed by atoms with Gasteiger partial charge in [0, 0.05) is 29.2 Å². The van der Waals surface area contributed by atoms with E-state index in [-0.39, 0.29) is 11.0 Å². The van der Waals surface area contributed by atoms with Gasteiger partial charge in [-0.2, -0.15) is 0 Å². The number of hydrogen-bond donors (Lipinski definition) is 4. The van der Waals surface area contributed by atoms with Gasteiger partial charge in [-0.3, -0.25) is 14.9 Å². The van der Waals surface area contributed by atoms with Gasteiger partial charge in [-0.15, -0.1) is 0 Å². The lowest BCUT2D eigenvalue weighted by atomic mass is 10.1. The number of rotatable bonds is 11. The molecule has 0 aliphatic rings. The number of anilines is 4. The lowest BCUT2D eigenvalue weighted by Gasteiger charge is -2.14. The molecule has 0 unspecified atom stereocenters. The lowest BCUT2D eigenvalue weighted by Crippen LogP contribution is -2.34. The van der Waals surface area contributed by atoms with E-state index in [1.165, 1.54) is 0 Å². The molecular weight excluding hydrogens is 524 g/mol. The Bertz CT molecular complexity index is 1450. The van der Waals surface area contributed by atoms with Crippen molar-refractivity contribution in [3.05, 3.63) is 114 Å². The molecule has 4 aromatic carbocycles. The number of para-hydroxylation sites is 2. The molecule has 4 N–H and O–H groups in total. The number of benzene rings is 4. The Kier molecular flexibility index (Phi) is 10.2. The maximum Gasteiger partial charge on any atom is 0.257 e. The SMILES string of the molecule is CCOCCOc1cccc(C(=O)NC(=S)Nc2ccccc2C(=O)Nc2ccc(Nc3ccccc3)cc2)c1. The molecule has 4 rings (SSSR count). The Morgan fingerprint density at radius 2 is 1.43 bits per heavy atom. The highest BCUT2D eigenvalue weighted by Gasteiger charge is 2.14. The molecule has 204 valence electrons. The van der Waals surface area contributed by atoms with E-state index >= 15 is 0 Å². The van der Waals surface area contributed by atoms with Crippen LogP contribution in [0.1, 0.15) is 27.6 Å². The van der Waals surface area contributed by atoms with Crippen LogP contribution in [-0.4, -0.2) is 36.7 Å². The molecule has 0 saturated heterocycles. The Hall–Kier alpha value is -4.73. The maximum absolute atomic E-state index is 13.1. The minimum Gasteiger partial charge on any atom is -0.491 e. The number of thiocarbonyl (C=S) groups is 1. The van der Waals surface area contributed by atoms with Crippen molar-refractivity contribution in [2.75, 3.05) is 35.8 Å². The minimum absolute atomic E-state index is 0.0595. The molecule has 0 bridgehead atoms. The van der Waals surface area contributed by atoms with E-state index in [0.717, 1.165) is 11.4 Å². The first-order valence-corrected chi connectivity index (χ1v) is 13.2. The summed E-state index contributed by atoms with van der Waals surface area (Å²) in [5.41, 5.74) is 3.72. The number of ether oxygens (including phenoxy) is 2. The summed E-state index contributed by atoms with van der Waals surface area (Å²) in [7, 11) is 0. The highest BCUT2D eigenvalue weighted by molar-refractivity contribution is 7.80. The van der Waals surface area contributed by atoms with Crippen molar-refractivity contribution in [2.45, 2.75) is 6.92 Å². The first-order valence-electron chi connectivity index (χ1n) is 12.8. The van der Waals surface area contributed by atoms with Gasteiger partial charge in [-0.05, 0) is 85.9 Å². The average Bonchev–Trinajstić information content (AvgIpc) is 2.97. The van der Waals surface area contributed by atoms with Gasteiger partial charge in [-0.1, -0.05) is 36.4 Å². The van der Waals surface area contributed by atoms with Crippen LogP contribution in [0.25, 0.3) is 0 Å². The van der Waals surface area contributed by atoms with Crippen molar-refractivity contribution in [2.24, 2.45) is 0 Å². The van der Waals surface area contributed by atoms with E-state index < -0.39 is 5.91 Å². The molecule has 2 amide bonds. The molecule has 0 aliphatic carbocycles. The molecule has 9 heteroatoms. The van der Waals surface area contributed by atoms with Gasteiger partial charge < -0.3 is 25.4 Å². The summed E-state index contributed by atoms with van der Waals surface area (Å²) in [5, 5.41) is 11.9. The van der Waals surface area contributed by atoms with Crippen molar-refractivity contribution >= 4 is 51.9 Å². The number of amides is 2. The Labute approximate surface area is 238 Å². The maximum atomic E-state index is 13.1. The zero-order valence-corrected chi connectivity index (χ0v) is 22.8. The monoisotopic (exact) mass is 554 g/mol. The third kappa shape index (κ3) is 8.39. The number of hydrogen-bond acceptors (Lipinski definition) is 6. The van der Waals surface area contributed by atoms with Crippen molar-refractivity contribution in [1.82, 2.24) is 5.32 Å². The molecule has 40 heavy (non-hydrogen) atoms. The summed E-state index contributed by atoms with van der Waals surface area (Å²) < 4.78 is 10.9. The molecule has 8 nitrogen and oxygen atoms in total. The zero-order valence-electron chi connectivity index (χ0n) is 22.0. The fourth-order valence-electron chi connectivity index (χ4n) is 3.73. The molecule has 0 heterocycles. The zero-order chi connectivity index (χ0) is 28.2. The van der Waals surface area contributed by atoms with E-state index in [9.17, 15) is 9.59 Å². The second-order valence-corrected chi connectivity index (χ2v) is 8.96. The molecule has 0 radical (unpaired) electrons. The fraction of sp³-hybridized carbons (Fsp3) is 0.129. The van der Waals surface area contributed by atoms with Crippen LogP contribution in [0.4, 0.5) is 22.7 Å². The standard InChI is InChI=1S/C31H30N4O4S/c1-2-38-19-20-39-26-12-8-9-22(21-26)29(36)35-31(40)34-28-14-7-6-13-27(28)30(37)33-25-17-15-24(16-18-25)32-23-10-4-3-5-11-23/h3-18,21,32H,2,19-20H2,1H3,(H,33,37)(H2,34,35,36,40). The number of nitrogens with one attached hydrogen (secondary N) is 4. The summed E-state index contributed by atoms with van der Waals surface area (Å²) >= 11 is 5.36. The molecule has 0 atom stereocenters. The van der Waals surface area contributed by atoms with Gasteiger partial charge in [0.2, 0.25) is 0 Å². The second kappa shape index (κ2) is 14.4. The fourth-order valence-corrected chi connectivity index (χ4v) is 3.93. The summed E-state index contributed by atoms with van der Waals surface area (Å²) in [6, 6.07) is 30.9. The molecule has 4 aromatic rings. The molecule has 0 fully saturated rings. The second-order valence-electron chi connectivity index (χ2n) is 8.55. The number of carbonyl (C=O) groups is 2. The first-order chi connectivity index (χ1) is 19.5. The smallest absolute Gasteiger partial charge is 0.257 e. The molecule has 0 saturated carbocycles. The van der Waals surface area contributed by atoms with Gasteiger partial charge in [0.15, 0.2) is 5.11 Å². The predicted molar refractivity (Wildman–Crippen MR) is 163 cm³/mol. The minimum atomic E-state index is -0.404. The first kappa shape index (κ1) is 28.3. The van der Waals surface area contributed by atoms with Crippen LogP contribution >= 0.6 is 12.2 Å². The quantitative estimate of drug-likeness (QED) is 0.129. The predicted octanol–water partition coefficient (Wildman–Crippen LogP) is 6.22. The van der Waals surface area contributed by atoms with Crippen molar-refractivity contribution in [1.29, 1.82) is 0 Å². The van der Waals surface area contributed by atoms with Crippen molar-refractivity contribution < 1.29 is 19.1 Å². The van der Waals surface area contributed by atoms with Crippen LogP contribution in [0.15, 0.2) is 103 Å². The van der Waals surface area contributed by atoms with Gasteiger partial charge in [-0.25, -0.2) is 0 Å². The average molecular weight is 555 g/mol. The van der Waals surface area contributed by atoms with Crippen LogP contribution in [0, 0.1) is 0 Å². The highest BCUT2D eigenvalue weighted by Crippen LogP contribution is 2.21. The topological polar surface area (TPSA) is 101 Å². The third-order valence-corrected chi connectivity index (χ3v) is 5.85. The van der Waals surface area contributed by atoms with Gasteiger partial charge >= 0.3 is 0 Å². The van der Waals surface area contributed by atoms with E-state index in [1.807, 2.05) is 61.5 Å². The molecule has 0 spiro atoms. The van der Waals surface area contributed by atoms with Gasteiger partial charge in [0.25, 0.3) is 11.8 Å². The summed E-state index contributed by atoms with van der Waals surface area (Å²) in [4.78, 5) is 25.9. The molecule has 0 aromatic heterocycles. The third-order valence-electron chi connectivity index (χ3n) is 5.65. The van der Waals surface area contributed by atoms with Crippen molar-refractivity contribution in [3.8, 4) is 5.75 Å². The molecule has 0 aliphatic heterocycles. The van der Waals surface area contributed by atoms with E-state index in [2.05, 4.69) is 21.3 Å². The highest BCUT2D eigenvalue weighted by atomic mass is 32.1. The number of carbonyl (C=O) groups excluding carboxylic acids is 2. The van der Waals surface area contributed by atoms with Crippen LogP contribution in [-0.2, 0) is 4.74 Å². The van der Waals surface area contributed by atoms with Crippen LogP contribution in [0.5, 0.6) is 5.75 Å². The van der Waals surface area contributed by atoms with E-state index in [4.69, 9.17) is 21.7 Å². The van der Waals surface area contributed by atoms with E-state index in [0.29, 0.717) is 48.1 Å². The summed E-state index contributed by atoms with van der Waals surface area (Å²) in [6.45, 7) is 3.37. The van der Waals surface area contributed by atoms with Crippen LogP contribution < -0.4 is 26.0 Å². The Morgan fingerprint density at radius 3 is 2.20 bits per heavy atom.